The number of aliphatic hydroxyl groups is 1. The van der Waals surface area contributed by atoms with E-state index in [1.165, 1.54) is 12.5 Å². The summed E-state index contributed by atoms with van der Waals surface area (Å²) in [5.41, 5.74) is 0.308. The van der Waals surface area contributed by atoms with Gasteiger partial charge < -0.3 is 15.7 Å². The van der Waals surface area contributed by atoms with Gasteiger partial charge in [0.15, 0.2) is 5.96 Å². The summed E-state index contributed by atoms with van der Waals surface area (Å²) in [6, 6.07) is 6.64. The molecule has 0 aliphatic heterocycles. The summed E-state index contributed by atoms with van der Waals surface area (Å²) in [6.07, 6.45) is 5.76. The van der Waals surface area contributed by atoms with Gasteiger partial charge in [0.1, 0.15) is 5.82 Å². The van der Waals surface area contributed by atoms with Gasteiger partial charge in [-0.25, -0.2) is 4.39 Å². The van der Waals surface area contributed by atoms with E-state index in [-0.39, 0.29) is 29.8 Å². The van der Waals surface area contributed by atoms with E-state index < -0.39 is 5.60 Å². The van der Waals surface area contributed by atoms with Crippen molar-refractivity contribution in [3.8, 4) is 0 Å². The maximum atomic E-state index is 13.2. The van der Waals surface area contributed by atoms with E-state index in [2.05, 4.69) is 15.6 Å². The fourth-order valence-electron chi connectivity index (χ4n) is 2.95. The molecule has 2 rings (SSSR count). The van der Waals surface area contributed by atoms with Gasteiger partial charge in [-0.15, -0.1) is 24.0 Å². The van der Waals surface area contributed by atoms with Gasteiger partial charge in [-0.2, -0.15) is 0 Å². The van der Waals surface area contributed by atoms with E-state index in [9.17, 15) is 9.50 Å². The van der Waals surface area contributed by atoms with E-state index in [0.717, 1.165) is 44.2 Å². The monoisotopic (exact) mass is 449 g/mol. The summed E-state index contributed by atoms with van der Waals surface area (Å²) in [6.45, 7) is 3.89. The van der Waals surface area contributed by atoms with Crippen LogP contribution in [0.5, 0.6) is 0 Å². The van der Waals surface area contributed by atoms with Crippen molar-refractivity contribution >= 4 is 29.9 Å². The van der Waals surface area contributed by atoms with Crippen LogP contribution in [0.25, 0.3) is 0 Å². The normalized spacial score (nSPS) is 17.0. The molecule has 1 aromatic carbocycles. The Morgan fingerprint density at radius 3 is 2.67 bits per heavy atom. The Morgan fingerprint density at radius 2 is 2.00 bits per heavy atom. The summed E-state index contributed by atoms with van der Waals surface area (Å²) < 4.78 is 13.2. The first-order chi connectivity index (χ1) is 11.1. The molecule has 1 aliphatic rings. The average molecular weight is 449 g/mol. The largest absolute Gasteiger partial charge is 0.388 e. The lowest BCUT2D eigenvalue weighted by Crippen LogP contribution is -2.41. The molecule has 0 radical (unpaired) electrons. The van der Waals surface area contributed by atoms with Crippen LogP contribution in [0.1, 0.15) is 44.6 Å². The highest BCUT2D eigenvalue weighted by atomic mass is 127. The van der Waals surface area contributed by atoms with E-state index in [1.54, 1.807) is 12.1 Å². The van der Waals surface area contributed by atoms with Crippen molar-refractivity contribution in [1.29, 1.82) is 0 Å². The molecule has 0 bridgehead atoms. The van der Waals surface area contributed by atoms with Crippen LogP contribution in [0.3, 0.4) is 0 Å². The summed E-state index contributed by atoms with van der Waals surface area (Å²) in [5.74, 6) is 0.505. The lowest BCUT2D eigenvalue weighted by atomic mass is 9.85. The van der Waals surface area contributed by atoms with Gasteiger partial charge in [0.05, 0.1) is 12.1 Å². The molecule has 1 fully saturated rings. The van der Waals surface area contributed by atoms with Crippen LogP contribution in [-0.4, -0.2) is 36.3 Å². The Kier molecular flexibility index (Phi) is 9.58. The number of benzene rings is 1. The number of hydrogen-bond acceptors (Lipinski definition) is 2. The molecular formula is C18H29FIN3O. The molecule has 0 atom stereocenters. The molecule has 24 heavy (non-hydrogen) atoms. The Hall–Kier alpha value is -0.890. The minimum absolute atomic E-state index is 0. The minimum Gasteiger partial charge on any atom is -0.388 e. The molecule has 0 spiro atoms. The van der Waals surface area contributed by atoms with Crippen molar-refractivity contribution in [3.05, 3.63) is 35.6 Å². The molecule has 4 nitrogen and oxygen atoms in total. The van der Waals surface area contributed by atoms with E-state index in [0.29, 0.717) is 19.0 Å². The second-order valence-corrected chi connectivity index (χ2v) is 6.29. The molecule has 0 aromatic heterocycles. The molecule has 1 saturated carbocycles. The van der Waals surface area contributed by atoms with Crippen LogP contribution in [0.4, 0.5) is 4.39 Å². The van der Waals surface area contributed by atoms with Crippen molar-refractivity contribution in [3.63, 3.8) is 0 Å². The highest BCUT2D eigenvalue weighted by Crippen LogP contribution is 2.28. The molecule has 1 aliphatic carbocycles. The highest BCUT2D eigenvalue weighted by molar-refractivity contribution is 14.0. The summed E-state index contributed by atoms with van der Waals surface area (Å²) in [7, 11) is 0. The van der Waals surface area contributed by atoms with Gasteiger partial charge in [0.2, 0.25) is 0 Å². The van der Waals surface area contributed by atoms with Crippen LogP contribution in [0.15, 0.2) is 29.3 Å². The molecule has 6 heteroatoms. The van der Waals surface area contributed by atoms with Gasteiger partial charge in [-0.3, -0.25) is 4.99 Å². The number of nitrogens with one attached hydrogen (secondary N) is 2. The first-order valence-electron chi connectivity index (χ1n) is 8.60. The third-order valence-corrected chi connectivity index (χ3v) is 4.26. The smallest absolute Gasteiger partial charge is 0.191 e. The fraction of sp³-hybridized carbons (Fsp3) is 0.611. The standard InChI is InChI=1S/C18H28FN3O.HI/c1-2-20-17(22-14-18(23)10-4-3-5-11-18)21-12-9-15-7-6-8-16(19)13-15;/h6-8,13,23H,2-5,9-12,14H2,1H3,(H2,20,21,22);1H. The first-order valence-corrected chi connectivity index (χ1v) is 8.60. The summed E-state index contributed by atoms with van der Waals surface area (Å²) in [5, 5.41) is 17.0. The van der Waals surface area contributed by atoms with Gasteiger partial charge in [-0.1, -0.05) is 31.4 Å². The molecule has 0 unspecified atom stereocenters. The lowest BCUT2D eigenvalue weighted by molar-refractivity contribution is 0.0131. The quantitative estimate of drug-likeness (QED) is 0.355. The highest BCUT2D eigenvalue weighted by Gasteiger charge is 2.28. The molecule has 0 saturated heterocycles. The SMILES string of the molecule is CCNC(=NCC1(O)CCCCC1)NCCc1cccc(F)c1.I. The Labute approximate surface area is 161 Å². The predicted molar refractivity (Wildman–Crippen MR) is 108 cm³/mol. The molecular weight excluding hydrogens is 420 g/mol. The number of halogens is 2. The van der Waals surface area contributed by atoms with Crippen LogP contribution in [0.2, 0.25) is 0 Å². The van der Waals surface area contributed by atoms with Gasteiger partial charge in [0.25, 0.3) is 0 Å². The molecule has 0 amide bonds. The fourth-order valence-corrected chi connectivity index (χ4v) is 2.95. The average Bonchev–Trinajstić information content (AvgIpc) is 2.53. The van der Waals surface area contributed by atoms with Crippen LogP contribution in [-0.2, 0) is 6.42 Å². The van der Waals surface area contributed by atoms with Crippen molar-refractivity contribution in [2.45, 2.75) is 51.0 Å². The maximum absolute atomic E-state index is 13.2. The van der Waals surface area contributed by atoms with Gasteiger partial charge in [0, 0.05) is 13.1 Å². The topological polar surface area (TPSA) is 56.7 Å². The minimum atomic E-state index is -0.650. The van der Waals surface area contributed by atoms with Crippen LogP contribution < -0.4 is 10.6 Å². The third kappa shape index (κ3) is 7.34. The lowest BCUT2D eigenvalue weighted by Gasteiger charge is -2.30. The van der Waals surface area contributed by atoms with Crippen LogP contribution >= 0.6 is 24.0 Å². The Morgan fingerprint density at radius 1 is 1.25 bits per heavy atom. The Balaban J connectivity index is 0.00000288. The van der Waals surface area contributed by atoms with E-state index >= 15 is 0 Å². The summed E-state index contributed by atoms with van der Waals surface area (Å²) in [4.78, 5) is 4.53. The zero-order chi connectivity index (χ0) is 16.5. The third-order valence-electron chi connectivity index (χ3n) is 4.26. The summed E-state index contributed by atoms with van der Waals surface area (Å²) >= 11 is 0. The number of aliphatic imine (C=N–C) groups is 1. The maximum Gasteiger partial charge on any atom is 0.191 e. The predicted octanol–water partition coefficient (Wildman–Crippen LogP) is 3.24. The van der Waals surface area contributed by atoms with Crippen LogP contribution in [0, 0.1) is 5.82 Å². The van der Waals surface area contributed by atoms with Crippen molar-refractivity contribution < 1.29 is 9.50 Å². The Bertz CT molecular complexity index is 519. The van der Waals surface area contributed by atoms with Crippen molar-refractivity contribution in [1.82, 2.24) is 10.6 Å². The molecule has 1 aromatic rings. The second kappa shape index (κ2) is 10.9. The number of nitrogens with zero attached hydrogens (tertiary/aromatic N) is 1. The second-order valence-electron chi connectivity index (χ2n) is 6.29. The first kappa shape index (κ1) is 21.2. The zero-order valence-corrected chi connectivity index (χ0v) is 16.7. The van der Waals surface area contributed by atoms with Crippen molar-refractivity contribution in [2.24, 2.45) is 4.99 Å². The van der Waals surface area contributed by atoms with Gasteiger partial charge >= 0.3 is 0 Å². The van der Waals surface area contributed by atoms with Gasteiger partial charge in [-0.05, 0) is 43.9 Å². The number of rotatable bonds is 6. The van der Waals surface area contributed by atoms with E-state index in [1.807, 2.05) is 13.0 Å². The molecule has 3 N–H and O–H groups in total. The molecule has 0 heterocycles. The van der Waals surface area contributed by atoms with Crippen molar-refractivity contribution in [2.75, 3.05) is 19.6 Å². The molecule has 136 valence electrons. The number of guanidine groups is 1. The zero-order valence-electron chi connectivity index (χ0n) is 14.4. The van der Waals surface area contributed by atoms with E-state index in [4.69, 9.17) is 0 Å². The number of hydrogen-bond donors (Lipinski definition) is 3.